The predicted molar refractivity (Wildman–Crippen MR) is 109 cm³/mol. The molecule has 9 heteroatoms. The molecular formula is C21H23FN2O5S. The van der Waals surface area contributed by atoms with E-state index >= 15 is 0 Å². The molecule has 0 bridgehead atoms. The number of nitrogens with zero attached hydrogens (tertiary/aromatic N) is 2. The molecule has 0 saturated carbocycles. The number of anilines is 1. The summed E-state index contributed by atoms with van der Waals surface area (Å²) in [6.45, 7) is 3.74. The minimum Gasteiger partial charge on any atom is -0.452 e. The lowest BCUT2D eigenvalue weighted by molar-refractivity contribution is -0.121. The number of hydrogen-bond donors (Lipinski definition) is 0. The summed E-state index contributed by atoms with van der Waals surface area (Å²) >= 11 is 0. The molecule has 0 fully saturated rings. The molecule has 160 valence electrons. The fourth-order valence-electron chi connectivity index (χ4n) is 3.41. The number of esters is 1. The van der Waals surface area contributed by atoms with Crippen LogP contribution in [0.2, 0.25) is 0 Å². The molecule has 0 aliphatic carbocycles. The van der Waals surface area contributed by atoms with Crippen molar-refractivity contribution in [2.45, 2.75) is 25.2 Å². The molecular weight excluding hydrogens is 411 g/mol. The highest BCUT2D eigenvalue weighted by atomic mass is 32.2. The zero-order valence-corrected chi connectivity index (χ0v) is 17.6. The van der Waals surface area contributed by atoms with Crippen LogP contribution in [-0.2, 0) is 26.0 Å². The lowest BCUT2D eigenvalue weighted by Gasteiger charge is -2.19. The Labute approximate surface area is 175 Å². The molecule has 2 aromatic rings. The van der Waals surface area contributed by atoms with Gasteiger partial charge in [0.15, 0.2) is 6.61 Å². The van der Waals surface area contributed by atoms with Gasteiger partial charge < -0.3 is 9.64 Å². The number of amides is 1. The van der Waals surface area contributed by atoms with Crippen molar-refractivity contribution in [2.24, 2.45) is 0 Å². The number of sulfonamides is 1. The van der Waals surface area contributed by atoms with Crippen molar-refractivity contribution in [1.29, 1.82) is 0 Å². The van der Waals surface area contributed by atoms with Crippen LogP contribution in [0.4, 0.5) is 10.1 Å². The van der Waals surface area contributed by atoms with E-state index in [1.165, 1.54) is 9.21 Å². The second-order valence-corrected chi connectivity index (χ2v) is 8.67. The van der Waals surface area contributed by atoms with Gasteiger partial charge in [-0.1, -0.05) is 32.0 Å². The largest absolute Gasteiger partial charge is 0.452 e. The van der Waals surface area contributed by atoms with Crippen LogP contribution in [0.1, 0.15) is 29.8 Å². The van der Waals surface area contributed by atoms with Crippen molar-refractivity contribution in [3.05, 3.63) is 59.4 Å². The monoisotopic (exact) mass is 434 g/mol. The number of para-hydroxylation sites is 1. The molecule has 2 aromatic carbocycles. The van der Waals surface area contributed by atoms with Crippen molar-refractivity contribution < 1.29 is 27.1 Å². The Bertz CT molecular complexity index is 1070. The summed E-state index contributed by atoms with van der Waals surface area (Å²) in [5.41, 5.74) is 1.26. The van der Waals surface area contributed by atoms with Crippen LogP contribution in [0.5, 0.6) is 0 Å². The Morgan fingerprint density at radius 2 is 1.83 bits per heavy atom. The number of benzene rings is 2. The Kier molecular flexibility index (Phi) is 6.52. The van der Waals surface area contributed by atoms with Gasteiger partial charge in [0.2, 0.25) is 10.0 Å². The van der Waals surface area contributed by atoms with Gasteiger partial charge >= 0.3 is 5.97 Å². The van der Waals surface area contributed by atoms with E-state index in [-0.39, 0.29) is 18.0 Å². The molecule has 1 aliphatic heterocycles. The molecule has 3 rings (SSSR count). The first-order valence-electron chi connectivity index (χ1n) is 9.64. The first kappa shape index (κ1) is 21.9. The van der Waals surface area contributed by atoms with Crippen molar-refractivity contribution in [2.75, 3.05) is 31.1 Å². The van der Waals surface area contributed by atoms with Gasteiger partial charge in [-0.2, -0.15) is 4.31 Å². The third kappa shape index (κ3) is 4.22. The zero-order valence-electron chi connectivity index (χ0n) is 16.8. The molecule has 0 spiro atoms. The van der Waals surface area contributed by atoms with Crippen LogP contribution >= 0.6 is 0 Å². The van der Waals surface area contributed by atoms with Gasteiger partial charge in [-0.3, -0.25) is 4.79 Å². The molecule has 0 saturated heterocycles. The summed E-state index contributed by atoms with van der Waals surface area (Å²) in [7, 11) is -3.87. The first-order chi connectivity index (χ1) is 14.3. The van der Waals surface area contributed by atoms with Gasteiger partial charge in [0.05, 0.1) is 10.5 Å². The zero-order chi connectivity index (χ0) is 21.9. The summed E-state index contributed by atoms with van der Waals surface area (Å²) in [4.78, 5) is 26.2. The Hall–Kier alpha value is -2.78. The Balaban J connectivity index is 1.74. The second-order valence-electron chi connectivity index (χ2n) is 6.73. The smallest absolute Gasteiger partial charge is 0.341 e. The minimum atomic E-state index is -3.87. The fraction of sp³-hybridized carbons (Fsp3) is 0.333. The molecule has 0 unspecified atom stereocenters. The topological polar surface area (TPSA) is 84.0 Å². The van der Waals surface area contributed by atoms with E-state index in [0.29, 0.717) is 13.0 Å². The molecule has 1 heterocycles. The lowest BCUT2D eigenvalue weighted by atomic mass is 10.2. The third-order valence-electron chi connectivity index (χ3n) is 5.02. The van der Waals surface area contributed by atoms with Crippen molar-refractivity contribution in [1.82, 2.24) is 4.31 Å². The number of carbonyl (C=O) groups excluding carboxylic acids is 2. The highest BCUT2D eigenvalue weighted by Crippen LogP contribution is 2.27. The summed E-state index contributed by atoms with van der Waals surface area (Å²) in [5, 5.41) is 0. The molecule has 30 heavy (non-hydrogen) atoms. The van der Waals surface area contributed by atoms with Crippen LogP contribution in [0.15, 0.2) is 47.4 Å². The normalized spacial score (nSPS) is 13.4. The molecule has 0 N–H and O–H groups in total. The van der Waals surface area contributed by atoms with E-state index in [0.717, 1.165) is 29.4 Å². The van der Waals surface area contributed by atoms with Gasteiger partial charge in [-0.15, -0.1) is 0 Å². The fourth-order valence-corrected chi connectivity index (χ4v) is 4.90. The van der Waals surface area contributed by atoms with Gasteiger partial charge in [0.25, 0.3) is 5.91 Å². The summed E-state index contributed by atoms with van der Waals surface area (Å²) in [5.74, 6) is -2.44. The second kappa shape index (κ2) is 8.93. The van der Waals surface area contributed by atoms with Crippen molar-refractivity contribution in [3.63, 3.8) is 0 Å². The van der Waals surface area contributed by atoms with E-state index in [4.69, 9.17) is 4.74 Å². The van der Waals surface area contributed by atoms with Crippen molar-refractivity contribution >= 4 is 27.6 Å². The summed E-state index contributed by atoms with van der Waals surface area (Å²) in [6, 6.07) is 10.4. The maximum absolute atomic E-state index is 14.2. The maximum atomic E-state index is 14.2. The van der Waals surface area contributed by atoms with Crippen LogP contribution in [-0.4, -0.2) is 50.8 Å². The summed E-state index contributed by atoms with van der Waals surface area (Å²) < 4.78 is 45.6. The van der Waals surface area contributed by atoms with Crippen LogP contribution in [0.25, 0.3) is 0 Å². The number of hydrogen-bond acceptors (Lipinski definition) is 5. The van der Waals surface area contributed by atoms with E-state index in [1.54, 1.807) is 13.8 Å². The molecule has 0 aromatic heterocycles. The molecule has 1 aliphatic rings. The standard InChI is InChI=1S/C21H23FN2O5S/c1-3-23(4-2)30(27,28)16-9-10-18(22)17(13-16)21(26)29-14-20(25)24-12-11-15-7-5-6-8-19(15)24/h5-10,13H,3-4,11-12,14H2,1-2H3. The minimum absolute atomic E-state index is 0.209. The molecule has 1 amide bonds. The number of carbonyl (C=O) groups is 2. The van der Waals surface area contributed by atoms with Crippen LogP contribution < -0.4 is 4.90 Å². The Morgan fingerprint density at radius 3 is 2.53 bits per heavy atom. The highest BCUT2D eigenvalue weighted by Gasteiger charge is 2.27. The molecule has 7 nitrogen and oxygen atoms in total. The van der Waals surface area contributed by atoms with E-state index < -0.39 is 39.9 Å². The van der Waals surface area contributed by atoms with E-state index in [2.05, 4.69) is 0 Å². The summed E-state index contributed by atoms with van der Waals surface area (Å²) in [6.07, 6.45) is 0.704. The number of ether oxygens (including phenoxy) is 1. The first-order valence-corrected chi connectivity index (χ1v) is 11.1. The van der Waals surface area contributed by atoms with Crippen LogP contribution in [0.3, 0.4) is 0 Å². The van der Waals surface area contributed by atoms with Gasteiger partial charge in [-0.25, -0.2) is 17.6 Å². The number of rotatable bonds is 7. The average Bonchev–Trinajstić information content (AvgIpc) is 3.17. The third-order valence-corrected chi connectivity index (χ3v) is 7.06. The SMILES string of the molecule is CCN(CC)S(=O)(=O)c1ccc(F)c(C(=O)OCC(=O)N2CCc3ccccc32)c1. The van der Waals surface area contributed by atoms with Gasteiger partial charge in [0.1, 0.15) is 5.82 Å². The number of halogens is 1. The average molecular weight is 434 g/mol. The molecule has 0 radical (unpaired) electrons. The number of fused-ring (bicyclic) bond motifs is 1. The quantitative estimate of drug-likeness (QED) is 0.626. The predicted octanol–water partition coefficient (Wildman–Crippen LogP) is 2.60. The van der Waals surface area contributed by atoms with E-state index in [1.807, 2.05) is 24.3 Å². The highest BCUT2D eigenvalue weighted by molar-refractivity contribution is 7.89. The van der Waals surface area contributed by atoms with Gasteiger partial charge in [0, 0.05) is 25.3 Å². The maximum Gasteiger partial charge on any atom is 0.341 e. The van der Waals surface area contributed by atoms with Gasteiger partial charge in [-0.05, 0) is 36.2 Å². The van der Waals surface area contributed by atoms with Crippen LogP contribution in [0, 0.1) is 5.82 Å². The van der Waals surface area contributed by atoms with Crippen molar-refractivity contribution in [3.8, 4) is 0 Å². The van der Waals surface area contributed by atoms with E-state index in [9.17, 15) is 22.4 Å². The Morgan fingerprint density at radius 1 is 1.13 bits per heavy atom. The lowest BCUT2D eigenvalue weighted by Crippen LogP contribution is -2.33. The molecule has 0 atom stereocenters.